The van der Waals surface area contributed by atoms with Crippen molar-refractivity contribution in [2.75, 3.05) is 26.2 Å². The molecule has 0 fully saturated rings. The molecule has 2 heterocycles. The van der Waals surface area contributed by atoms with E-state index in [9.17, 15) is 9.59 Å². The molecule has 4 aromatic rings. The zero-order valence-corrected chi connectivity index (χ0v) is 19.8. The molecular formula is C25H25N3O4S. The first-order chi connectivity index (χ1) is 15.9. The number of anilines is 1. The van der Waals surface area contributed by atoms with Crippen LogP contribution in [0.4, 0.5) is 5.69 Å². The van der Waals surface area contributed by atoms with Crippen LogP contribution in [0.5, 0.6) is 11.5 Å². The van der Waals surface area contributed by atoms with E-state index in [-0.39, 0.29) is 24.4 Å². The Labute approximate surface area is 195 Å². The first-order valence-corrected chi connectivity index (χ1v) is 11.3. The Bertz CT molecular complexity index is 1360. The maximum Gasteiger partial charge on any atom is 0.262 e. The quantitative estimate of drug-likeness (QED) is 0.403. The van der Waals surface area contributed by atoms with Crippen LogP contribution in [0.1, 0.15) is 12.0 Å². The summed E-state index contributed by atoms with van der Waals surface area (Å²) in [6.45, 7) is 2.27. The summed E-state index contributed by atoms with van der Waals surface area (Å²) in [5.41, 5.74) is 3.55. The average molecular weight is 464 g/mol. The van der Waals surface area contributed by atoms with Crippen LogP contribution in [0.2, 0.25) is 0 Å². The monoisotopic (exact) mass is 463 g/mol. The van der Waals surface area contributed by atoms with Crippen molar-refractivity contribution < 1.29 is 14.3 Å². The van der Waals surface area contributed by atoms with Crippen molar-refractivity contribution in [3.63, 3.8) is 0 Å². The normalized spacial score (nSPS) is 10.9. The lowest BCUT2D eigenvalue weighted by Gasteiger charge is -2.19. The van der Waals surface area contributed by atoms with Crippen molar-refractivity contribution in [2.24, 2.45) is 0 Å². The third-order valence-corrected chi connectivity index (χ3v) is 6.50. The number of amides is 1. The molecule has 4 rings (SSSR count). The fraction of sp³-hybridized carbons (Fsp3) is 0.240. The summed E-state index contributed by atoms with van der Waals surface area (Å²) in [6.07, 6.45) is 1.67. The van der Waals surface area contributed by atoms with Crippen molar-refractivity contribution in [1.82, 2.24) is 9.55 Å². The van der Waals surface area contributed by atoms with Gasteiger partial charge in [-0.15, -0.1) is 11.3 Å². The van der Waals surface area contributed by atoms with E-state index in [1.165, 1.54) is 22.2 Å². The molecule has 0 N–H and O–H groups in total. The smallest absolute Gasteiger partial charge is 0.262 e. The van der Waals surface area contributed by atoms with E-state index in [0.717, 1.165) is 16.7 Å². The van der Waals surface area contributed by atoms with Gasteiger partial charge in [-0.05, 0) is 24.6 Å². The number of carbonyl (C=O) groups excluding carboxylic acids is 1. The van der Waals surface area contributed by atoms with Crippen LogP contribution in [0, 0.1) is 6.92 Å². The van der Waals surface area contributed by atoms with Gasteiger partial charge in [-0.1, -0.05) is 29.8 Å². The summed E-state index contributed by atoms with van der Waals surface area (Å²) >= 11 is 1.45. The summed E-state index contributed by atoms with van der Waals surface area (Å²) in [6, 6.07) is 13.4. The summed E-state index contributed by atoms with van der Waals surface area (Å²) < 4.78 is 12.1. The minimum Gasteiger partial charge on any atom is -0.493 e. The van der Waals surface area contributed by atoms with Crippen LogP contribution in [0.25, 0.3) is 21.3 Å². The predicted molar refractivity (Wildman–Crippen MR) is 132 cm³/mol. The van der Waals surface area contributed by atoms with Crippen LogP contribution in [-0.4, -0.2) is 36.7 Å². The molecule has 33 heavy (non-hydrogen) atoms. The van der Waals surface area contributed by atoms with E-state index in [1.807, 2.05) is 36.6 Å². The molecule has 0 unspecified atom stereocenters. The lowest BCUT2D eigenvalue weighted by Crippen LogP contribution is -2.29. The Morgan fingerprint density at radius 1 is 1.09 bits per heavy atom. The van der Waals surface area contributed by atoms with E-state index >= 15 is 0 Å². The van der Waals surface area contributed by atoms with E-state index in [0.29, 0.717) is 27.4 Å². The Balaban J connectivity index is 1.55. The van der Waals surface area contributed by atoms with Gasteiger partial charge in [0.15, 0.2) is 11.5 Å². The Hall–Kier alpha value is -3.65. The SMILES string of the molecule is COc1ccc(N(C)C(=O)CCn2cnc3scc(-c4ccc(C)cc4)c3c2=O)cc1OC. The van der Waals surface area contributed by atoms with Crippen molar-refractivity contribution in [3.05, 3.63) is 70.1 Å². The van der Waals surface area contributed by atoms with Crippen LogP contribution >= 0.6 is 11.3 Å². The number of benzene rings is 2. The molecule has 0 aliphatic heterocycles. The molecule has 0 saturated heterocycles. The Kier molecular flexibility index (Phi) is 6.46. The van der Waals surface area contributed by atoms with Gasteiger partial charge in [0.05, 0.1) is 25.9 Å². The summed E-state index contributed by atoms with van der Waals surface area (Å²) in [4.78, 5) is 32.8. The minimum absolute atomic E-state index is 0.127. The highest BCUT2D eigenvalue weighted by molar-refractivity contribution is 7.17. The molecule has 1 amide bonds. The van der Waals surface area contributed by atoms with Gasteiger partial charge in [-0.2, -0.15) is 0 Å². The number of fused-ring (bicyclic) bond motifs is 1. The van der Waals surface area contributed by atoms with E-state index < -0.39 is 0 Å². The van der Waals surface area contributed by atoms with Crippen LogP contribution in [-0.2, 0) is 11.3 Å². The third kappa shape index (κ3) is 4.47. The highest BCUT2D eigenvalue weighted by Gasteiger charge is 2.16. The van der Waals surface area contributed by atoms with Gasteiger partial charge < -0.3 is 14.4 Å². The fourth-order valence-electron chi connectivity index (χ4n) is 3.63. The van der Waals surface area contributed by atoms with Gasteiger partial charge in [-0.3, -0.25) is 14.2 Å². The third-order valence-electron chi connectivity index (χ3n) is 5.62. The maximum absolute atomic E-state index is 13.2. The standard InChI is InChI=1S/C25H25N3O4S/c1-16-5-7-17(8-6-16)19-14-33-24-23(19)25(30)28(15-26-24)12-11-22(29)27(2)18-9-10-20(31-3)21(13-18)32-4/h5-10,13-15H,11-12H2,1-4H3. The zero-order chi connectivity index (χ0) is 23.5. The molecule has 8 heteroatoms. The number of aromatic nitrogens is 2. The predicted octanol–water partition coefficient (Wildman–Crippen LogP) is 4.50. The molecule has 7 nitrogen and oxygen atoms in total. The van der Waals surface area contributed by atoms with Gasteiger partial charge >= 0.3 is 0 Å². The molecule has 0 bridgehead atoms. The van der Waals surface area contributed by atoms with Crippen LogP contribution in [0.15, 0.2) is 59.0 Å². The van der Waals surface area contributed by atoms with Gasteiger partial charge in [-0.25, -0.2) is 4.98 Å². The number of aryl methyl sites for hydroxylation is 2. The number of ether oxygens (including phenoxy) is 2. The van der Waals surface area contributed by atoms with Gasteiger partial charge in [0.1, 0.15) is 4.83 Å². The first kappa shape index (κ1) is 22.5. The maximum atomic E-state index is 13.2. The first-order valence-electron chi connectivity index (χ1n) is 10.4. The molecule has 2 aromatic carbocycles. The zero-order valence-electron chi connectivity index (χ0n) is 19.0. The molecule has 0 aliphatic carbocycles. The van der Waals surface area contributed by atoms with Crippen molar-refractivity contribution >= 4 is 33.1 Å². The second-order valence-corrected chi connectivity index (χ2v) is 8.54. The molecule has 2 aromatic heterocycles. The van der Waals surface area contributed by atoms with Crippen molar-refractivity contribution in [2.45, 2.75) is 19.9 Å². The Morgan fingerprint density at radius 3 is 2.52 bits per heavy atom. The fourth-order valence-corrected chi connectivity index (χ4v) is 4.54. The number of carbonyl (C=O) groups is 1. The second kappa shape index (κ2) is 9.46. The number of hydrogen-bond donors (Lipinski definition) is 0. The van der Waals surface area contributed by atoms with Crippen molar-refractivity contribution in [3.8, 4) is 22.6 Å². The highest BCUT2D eigenvalue weighted by Crippen LogP contribution is 2.32. The highest BCUT2D eigenvalue weighted by atomic mass is 32.1. The molecule has 0 saturated carbocycles. The number of hydrogen-bond acceptors (Lipinski definition) is 6. The average Bonchev–Trinajstić information content (AvgIpc) is 3.28. The van der Waals surface area contributed by atoms with Gasteiger partial charge in [0.25, 0.3) is 5.56 Å². The number of methoxy groups -OCH3 is 2. The topological polar surface area (TPSA) is 73.7 Å². The van der Waals surface area contributed by atoms with Crippen LogP contribution in [0.3, 0.4) is 0 Å². The summed E-state index contributed by atoms with van der Waals surface area (Å²) in [5.74, 6) is 1.01. The Morgan fingerprint density at radius 2 is 1.82 bits per heavy atom. The van der Waals surface area contributed by atoms with Gasteiger partial charge in [0, 0.05) is 42.7 Å². The van der Waals surface area contributed by atoms with E-state index in [4.69, 9.17) is 9.47 Å². The second-order valence-electron chi connectivity index (χ2n) is 7.68. The summed E-state index contributed by atoms with van der Waals surface area (Å²) in [5, 5.41) is 2.55. The molecule has 170 valence electrons. The van der Waals surface area contributed by atoms with Crippen LogP contribution < -0.4 is 19.9 Å². The number of rotatable bonds is 7. The van der Waals surface area contributed by atoms with Gasteiger partial charge in [0.2, 0.25) is 5.91 Å². The minimum atomic E-state index is -0.140. The number of thiophene rings is 1. The molecule has 0 radical (unpaired) electrons. The van der Waals surface area contributed by atoms with E-state index in [1.54, 1.807) is 44.4 Å². The molecule has 0 atom stereocenters. The molecular weight excluding hydrogens is 438 g/mol. The van der Waals surface area contributed by atoms with E-state index in [2.05, 4.69) is 4.98 Å². The summed E-state index contributed by atoms with van der Waals surface area (Å²) in [7, 11) is 4.81. The largest absolute Gasteiger partial charge is 0.493 e. The molecule has 0 aliphatic rings. The van der Waals surface area contributed by atoms with Crippen molar-refractivity contribution in [1.29, 1.82) is 0 Å². The lowest BCUT2D eigenvalue weighted by molar-refractivity contribution is -0.118. The molecule has 0 spiro atoms. The number of nitrogens with zero attached hydrogens (tertiary/aromatic N) is 3. The lowest BCUT2D eigenvalue weighted by atomic mass is 10.1.